The normalized spacial score (nSPS) is 12.0. The van der Waals surface area contributed by atoms with Gasteiger partial charge in [0, 0.05) is 61.4 Å². The van der Waals surface area contributed by atoms with E-state index in [1.807, 2.05) is 60.9 Å². The second kappa shape index (κ2) is 14.3. The first-order valence-corrected chi connectivity index (χ1v) is 20.0. The number of benzene rings is 6. The summed E-state index contributed by atoms with van der Waals surface area (Å²) in [6, 6.07) is 57.0. The lowest BCUT2D eigenvalue weighted by atomic mass is 9.93. The third-order valence-corrected chi connectivity index (χ3v) is 11.8. The number of fused-ring (bicyclic) bond motifs is 9. The Labute approximate surface area is 339 Å². The summed E-state index contributed by atoms with van der Waals surface area (Å²) in [6.45, 7) is 0. The summed E-state index contributed by atoms with van der Waals surface area (Å²) in [5, 5.41) is 2.20. The lowest BCUT2D eigenvalue weighted by Crippen LogP contribution is -1.97. The van der Waals surface area contributed by atoms with E-state index in [9.17, 15) is 0 Å². The minimum Gasteiger partial charge on any atom is -0.456 e. The molecule has 0 fully saturated rings. The summed E-state index contributed by atoms with van der Waals surface area (Å²) in [4.78, 5) is 21.7. The Balaban J connectivity index is 1.13. The molecule has 0 N–H and O–H groups in total. The van der Waals surface area contributed by atoms with Gasteiger partial charge in [0.25, 0.3) is 0 Å². The molecule has 0 saturated heterocycles. The van der Waals surface area contributed by atoms with Gasteiger partial charge in [0.15, 0.2) is 5.82 Å². The molecule has 0 aliphatic carbocycles. The maximum absolute atomic E-state index is 6.53. The number of rotatable bonds is 4. The van der Waals surface area contributed by atoms with Crippen molar-refractivity contribution in [3.8, 4) is 67.4 Å². The molecule has 1 aliphatic rings. The van der Waals surface area contributed by atoms with Crippen molar-refractivity contribution in [2.45, 2.75) is 9.79 Å². The van der Waals surface area contributed by atoms with Gasteiger partial charge in [-0.2, -0.15) is 0 Å². The fourth-order valence-corrected chi connectivity index (χ4v) is 8.92. The third kappa shape index (κ3) is 6.17. The topological polar surface area (TPSA) is 64.7 Å². The Morgan fingerprint density at radius 3 is 1.98 bits per heavy atom. The Hall–Kier alpha value is -7.41. The summed E-state index contributed by atoms with van der Waals surface area (Å²) in [5.41, 5.74) is 14.8. The average molecular weight is 761 g/mol. The SMILES string of the molecule is C1=Cc2ccc(-c3cc(-c4ccc(-c5cccnc5)nc4)nc(-c4ccccc4)n3)cc2-c2cc3oc4ccccc4c3cc2Sc2ccccc2-c2ccccc21. The second-order valence-electron chi connectivity index (χ2n) is 14.3. The second-order valence-corrected chi connectivity index (χ2v) is 15.3. The van der Waals surface area contributed by atoms with Crippen molar-refractivity contribution in [2.24, 2.45) is 0 Å². The molecule has 0 bridgehead atoms. The molecule has 58 heavy (non-hydrogen) atoms. The van der Waals surface area contributed by atoms with E-state index < -0.39 is 0 Å². The molecule has 5 heterocycles. The molecule has 272 valence electrons. The van der Waals surface area contributed by atoms with Crippen molar-refractivity contribution in [1.82, 2.24) is 19.9 Å². The number of hydrogen-bond acceptors (Lipinski definition) is 6. The van der Waals surface area contributed by atoms with E-state index in [0.717, 1.165) is 88.4 Å². The molecular formula is C52H32N4OS. The molecule has 6 aromatic carbocycles. The molecule has 0 amide bonds. The van der Waals surface area contributed by atoms with Crippen molar-refractivity contribution >= 4 is 45.9 Å². The summed E-state index contributed by atoms with van der Waals surface area (Å²) >= 11 is 1.80. The van der Waals surface area contributed by atoms with Gasteiger partial charge in [0.1, 0.15) is 11.2 Å². The number of para-hydroxylation sites is 1. The van der Waals surface area contributed by atoms with Gasteiger partial charge >= 0.3 is 0 Å². The first-order valence-electron chi connectivity index (χ1n) is 19.2. The minimum atomic E-state index is 0.647. The van der Waals surface area contributed by atoms with Crippen LogP contribution in [0.2, 0.25) is 0 Å². The van der Waals surface area contributed by atoms with E-state index in [4.69, 9.17) is 19.4 Å². The number of pyridine rings is 2. The van der Waals surface area contributed by atoms with Crippen molar-refractivity contribution in [1.29, 1.82) is 0 Å². The molecule has 0 radical (unpaired) electrons. The predicted octanol–water partition coefficient (Wildman–Crippen LogP) is 13.8. The zero-order valence-electron chi connectivity index (χ0n) is 31.1. The highest BCUT2D eigenvalue weighted by Gasteiger charge is 2.20. The average Bonchev–Trinajstić information content (AvgIpc) is 3.65. The first kappa shape index (κ1) is 33.9. The molecule has 6 heteroatoms. The zero-order chi connectivity index (χ0) is 38.4. The van der Waals surface area contributed by atoms with Crippen molar-refractivity contribution < 1.29 is 4.42 Å². The molecule has 10 aromatic rings. The van der Waals surface area contributed by atoms with Gasteiger partial charge in [-0.1, -0.05) is 127 Å². The van der Waals surface area contributed by atoms with E-state index >= 15 is 0 Å². The van der Waals surface area contributed by atoms with Crippen LogP contribution >= 0.6 is 11.8 Å². The van der Waals surface area contributed by atoms with Crippen molar-refractivity contribution in [2.75, 3.05) is 0 Å². The molecule has 4 aromatic heterocycles. The summed E-state index contributed by atoms with van der Waals surface area (Å²) in [5.74, 6) is 0.647. The zero-order valence-corrected chi connectivity index (χ0v) is 31.9. The van der Waals surface area contributed by atoms with Crippen LogP contribution in [-0.4, -0.2) is 19.9 Å². The molecule has 0 atom stereocenters. The lowest BCUT2D eigenvalue weighted by molar-refractivity contribution is 0.669. The van der Waals surface area contributed by atoms with Crippen LogP contribution in [0.15, 0.2) is 197 Å². The minimum absolute atomic E-state index is 0.647. The van der Waals surface area contributed by atoms with E-state index in [-0.39, 0.29) is 0 Å². The van der Waals surface area contributed by atoms with Crippen LogP contribution in [0.1, 0.15) is 11.1 Å². The van der Waals surface area contributed by atoms with E-state index in [2.05, 4.69) is 132 Å². The maximum atomic E-state index is 6.53. The monoisotopic (exact) mass is 760 g/mol. The van der Waals surface area contributed by atoms with Crippen molar-refractivity contribution in [3.63, 3.8) is 0 Å². The Morgan fingerprint density at radius 1 is 0.414 bits per heavy atom. The van der Waals surface area contributed by atoms with E-state index in [0.29, 0.717) is 5.82 Å². The van der Waals surface area contributed by atoms with Gasteiger partial charge in [-0.15, -0.1) is 0 Å². The van der Waals surface area contributed by atoms with Gasteiger partial charge in [0.2, 0.25) is 0 Å². The number of hydrogen-bond donors (Lipinski definition) is 0. The highest BCUT2D eigenvalue weighted by Crippen LogP contribution is 2.47. The van der Waals surface area contributed by atoms with Crippen molar-refractivity contribution in [3.05, 3.63) is 194 Å². The van der Waals surface area contributed by atoms with Gasteiger partial charge in [0.05, 0.1) is 17.1 Å². The molecule has 0 saturated carbocycles. The van der Waals surface area contributed by atoms with Gasteiger partial charge < -0.3 is 4.42 Å². The molecule has 0 unspecified atom stereocenters. The fraction of sp³-hybridized carbons (Fsp3) is 0. The van der Waals surface area contributed by atoms with Crippen LogP contribution in [0.25, 0.3) is 102 Å². The standard InChI is InChI=1S/C52H32N4OS/c1-2-12-35(13-3-1)52-55-46(30-47(56-52)38-24-25-45(54-32-38)37-14-10-26-53-31-37)36-23-22-34-21-20-33-11-4-5-15-39(33)41-17-7-9-19-50(41)58-51-29-43-40-16-6-8-18-48(40)57-49(43)28-44(51)42(34)27-36/h1-32H. The molecule has 0 spiro atoms. The number of aromatic nitrogens is 4. The van der Waals surface area contributed by atoms with Gasteiger partial charge in [-0.3, -0.25) is 9.97 Å². The highest BCUT2D eigenvalue weighted by atomic mass is 32.2. The lowest BCUT2D eigenvalue weighted by Gasteiger charge is -2.16. The molecular weight excluding hydrogens is 729 g/mol. The number of nitrogens with zero attached hydrogens (tertiary/aromatic N) is 4. The molecule has 11 rings (SSSR count). The third-order valence-electron chi connectivity index (χ3n) is 10.7. The Kier molecular flexibility index (Phi) is 8.34. The van der Waals surface area contributed by atoms with Crippen LogP contribution in [0.5, 0.6) is 0 Å². The quantitative estimate of drug-likeness (QED) is 0.178. The smallest absolute Gasteiger partial charge is 0.160 e. The largest absolute Gasteiger partial charge is 0.456 e. The summed E-state index contributed by atoms with van der Waals surface area (Å²) in [6.07, 6.45) is 9.95. The Bertz CT molecular complexity index is 3190. The van der Waals surface area contributed by atoms with E-state index in [1.54, 1.807) is 18.0 Å². The summed E-state index contributed by atoms with van der Waals surface area (Å²) in [7, 11) is 0. The fourth-order valence-electron chi connectivity index (χ4n) is 7.79. The number of furan rings is 1. The van der Waals surface area contributed by atoms with Crippen LogP contribution in [0.3, 0.4) is 0 Å². The van der Waals surface area contributed by atoms with Crippen LogP contribution in [0, 0.1) is 0 Å². The van der Waals surface area contributed by atoms with Gasteiger partial charge in [-0.05, 0) is 94.0 Å². The highest BCUT2D eigenvalue weighted by molar-refractivity contribution is 7.99. The van der Waals surface area contributed by atoms with E-state index in [1.165, 1.54) is 16.0 Å². The summed E-state index contributed by atoms with van der Waals surface area (Å²) < 4.78 is 6.53. The maximum Gasteiger partial charge on any atom is 0.160 e. The van der Waals surface area contributed by atoms with Crippen LogP contribution < -0.4 is 0 Å². The van der Waals surface area contributed by atoms with Crippen LogP contribution in [0.4, 0.5) is 0 Å². The Morgan fingerprint density at radius 2 is 1.14 bits per heavy atom. The van der Waals surface area contributed by atoms with Gasteiger partial charge in [-0.25, -0.2) is 9.97 Å². The predicted molar refractivity (Wildman–Crippen MR) is 237 cm³/mol. The molecule has 5 nitrogen and oxygen atoms in total. The molecule has 1 aliphatic heterocycles. The first-order chi connectivity index (χ1) is 28.7. The van der Waals surface area contributed by atoms with Crippen LogP contribution in [-0.2, 0) is 0 Å².